The quantitative estimate of drug-likeness (QED) is 0.858. The number of sulfonamides is 1. The number of thiazole rings is 1. The highest BCUT2D eigenvalue weighted by Gasteiger charge is 2.30. The zero-order chi connectivity index (χ0) is 15.9. The van der Waals surface area contributed by atoms with Crippen molar-refractivity contribution in [3.05, 3.63) is 40.4 Å². The van der Waals surface area contributed by atoms with E-state index in [0.29, 0.717) is 0 Å². The summed E-state index contributed by atoms with van der Waals surface area (Å²) in [7, 11) is -3.61. The number of hydrogen-bond acceptors (Lipinski definition) is 4. The molecule has 0 spiro atoms. The Labute approximate surface area is 135 Å². The molecule has 3 rings (SSSR count). The van der Waals surface area contributed by atoms with Crippen LogP contribution in [-0.2, 0) is 22.9 Å². The Bertz CT molecular complexity index is 794. The minimum Gasteiger partial charge on any atom is -0.262 e. The van der Waals surface area contributed by atoms with Crippen molar-refractivity contribution in [3.8, 4) is 0 Å². The molecule has 1 aliphatic carbocycles. The molecule has 0 N–H and O–H groups in total. The van der Waals surface area contributed by atoms with Gasteiger partial charge in [0.05, 0.1) is 5.69 Å². The molecule has 22 heavy (non-hydrogen) atoms. The first-order valence-electron chi connectivity index (χ1n) is 7.48. The number of anilines is 1. The number of fused-ring (bicyclic) bond motifs is 1. The summed E-state index contributed by atoms with van der Waals surface area (Å²) in [5.74, 6) is 0. The lowest BCUT2D eigenvalue weighted by Gasteiger charge is -2.27. The molecule has 0 atom stereocenters. The number of aromatic nitrogens is 1. The van der Waals surface area contributed by atoms with E-state index in [9.17, 15) is 8.42 Å². The van der Waals surface area contributed by atoms with Gasteiger partial charge in [0.1, 0.15) is 0 Å². The van der Waals surface area contributed by atoms with Gasteiger partial charge in [-0.2, -0.15) is 8.42 Å². The van der Waals surface area contributed by atoms with Crippen LogP contribution in [-0.4, -0.2) is 19.4 Å². The van der Waals surface area contributed by atoms with Gasteiger partial charge in [0.2, 0.25) is 4.34 Å². The Morgan fingerprint density at radius 3 is 2.59 bits per heavy atom. The van der Waals surface area contributed by atoms with E-state index in [2.05, 4.69) is 11.1 Å². The number of benzene rings is 1. The number of rotatable bonds is 4. The fourth-order valence-electron chi connectivity index (χ4n) is 2.94. The average molecular weight is 336 g/mol. The van der Waals surface area contributed by atoms with Crippen molar-refractivity contribution in [1.29, 1.82) is 0 Å². The van der Waals surface area contributed by atoms with Crippen LogP contribution in [0, 0.1) is 6.92 Å². The molecule has 118 valence electrons. The van der Waals surface area contributed by atoms with E-state index in [4.69, 9.17) is 0 Å². The van der Waals surface area contributed by atoms with E-state index >= 15 is 0 Å². The molecule has 0 aliphatic heterocycles. The van der Waals surface area contributed by atoms with E-state index in [-0.39, 0.29) is 10.4 Å². The van der Waals surface area contributed by atoms with Gasteiger partial charge in [-0.15, -0.1) is 11.3 Å². The third-order valence-corrected chi connectivity index (χ3v) is 7.24. The second-order valence-corrected chi connectivity index (χ2v) is 8.80. The van der Waals surface area contributed by atoms with Crippen LogP contribution in [0.25, 0.3) is 0 Å². The summed E-state index contributed by atoms with van der Waals surface area (Å²) < 4.78 is 27.6. The summed E-state index contributed by atoms with van der Waals surface area (Å²) in [6.07, 6.45) is 3.28. The van der Waals surface area contributed by atoms with Crippen molar-refractivity contribution < 1.29 is 8.42 Å². The molecule has 0 radical (unpaired) electrons. The summed E-state index contributed by atoms with van der Waals surface area (Å²) in [6, 6.07) is 5.85. The minimum atomic E-state index is -3.61. The van der Waals surface area contributed by atoms with Crippen LogP contribution in [0.4, 0.5) is 5.69 Å². The molecule has 0 bridgehead atoms. The second-order valence-electron chi connectivity index (χ2n) is 5.96. The van der Waals surface area contributed by atoms with Crippen LogP contribution in [0.15, 0.2) is 27.9 Å². The molecule has 0 saturated carbocycles. The fourth-order valence-corrected chi connectivity index (χ4v) is 5.71. The molecule has 1 aromatic heterocycles. The first kappa shape index (κ1) is 15.5. The Balaban J connectivity index is 2.07. The molecule has 2 aromatic rings. The van der Waals surface area contributed by atoms with E-state index < -0.39 is 10.0 Å². The smallest absolute Gasteiger partial charge is 0.262 e. The first-order chi connectivity index (χ1) is 10.4. The van der Waals surface area contributed by atoms with Crippen LogP contribution in [0.3, 0.4) is 0 Å². The SMILES string of the molecule is Cc1csc(S(=O)(=O)N(c2ccc3c(c2)CCC3)C(C)C)n1. The summed E-state index contributed by atoms with van der Waals surface area (Å²) in [4.78, 5) is 4.17. The molecule has 0 saturated heterocycles. The maximum absolute atomic E-state index is 13.0. The van der Waals surface area contributed by atoms with E-state index in [1.807, 2.05) is 32.9 Å². The molecule has 0 fully saturated rings. The number of hydrogen-bond donors (Lipinski definition) is 0. The van der Waals surface area contributed by atoms with Gasteiger partial charge < -0.3 is 0 Å². The Hall–Kier alpha value is -1.40. The molecular weight excluding hydrogens is 316 g/mol. The van der Waals surface area contributed by atoms with Gasteiger partial charge >= 0.3 is 0 Å². The van der Waals surface area contributed by atoms with E-state index in [1.165, 1.54) is 26.8 Å². The predicted molar refractivity (Wildman–Crippen MR) is 90.1 cm³/mol. The van der Waals surface area contributed by atoms with E-state index in [0.717, 1.165) is 30.6 Å². The van der Waals surface area contributed by atoms with Gasteiger partial charge in [-0.05, 0) is 63.3 Å². The highest BCUT2D eigenvalue weighted by atomic mass is 32.2. The molecule has 1 aliphatic rings. The standard InChI is InChI=1S/C16H20N2O2S2/c1-11(2)18(22(19,20)16-17-12(3)10-21-16)15-8-7-13-5-4-6-14(13)9-15/h7-11H,4-6H2,1-3H3. The Morgan fingerprint density at radius 2 is 1.95 bits per heavy atom. The van der Waals surface area contributed by atoms with E-state index in [1.54, 1.807) is 5.38 Å². The van der Waals surface area contributed by atoms with Crippen molar-refractivity contribution in [3.63, 3.8) is 0 Å². The highest BCUT2D eigenvalue weighted by Crippen LogP contribution is 2.32. The average Bonchev–Trinajstić information content (AvgIpc) is 3.06. The van der Waals surface area contributed by atoms with Crippen LogP contribution in [0.2, 0.25) is 0 Å². The lowest BCUT2D eigenvalue weighted by Crippen LogP contribution is -2.37. The molecule has 1 heterocycles. The van der Waals surface area contributed by atoms with Crippen LogP contribution in [0.1, 0.15) is 37.1 Å². The monoisotopic (exact) mass is 336 g/mol. The van der Waals surface area contributed by atoms with Gasteiger partial charge in [0.25, 0.3) is 10.0 Å². The molecule has 6 heteroatoms. The summed E-state index contributed by atoms with van der Waals surface area (Å²) in [6.45, 7) is 5.60. The Morgan fingerprint density at radius 1 is 1.23 bits per heavy atom. The molecule has 1 aromatic carbocycles. The van der Waals surface area contributed by atoms with Gasteiger partial charge in [-0.25, -0.2) is 4.98 Å². The number of aryl methyl sites for hydroxylation is 3. The fraction of sp³-hybridized carbons (Fsp3) is 0.438. The summed E-state index contributed by atoms with van der Waals surface area (Å²) in [5.41, 5.74) is 4.09. The van der Waals surface area contributed by atoms with Crippen molar-refractivity contribution in [2.75, 3.05) is 4.31 Å². The van der Waals surface area contributed by atoms with Crippen LogP contribution < -0.4 is 4.31 Å². The maximum Gasteiger partial charge on any atom is 0.291 e. The van der Waals surface area contributed by atoms with Gasteiger partial charge in [0, 0.05) is 17.1 Å². The molecular formula is C16H20N2O2S2. The highest BCUT2D eigenvalue weighted by molar-refractivity contribution is 7.94. The third kappa shape index (κ3) is 2.65. The topological polar surface area (TPSA) is 50.3 Å². The second kappa shape index (κ2) is 5.66. The van der Waals surface area contributed by atoms with Crippen molar-refractivity contribution in [1.82, 2.24) is 4.98 Å². The lowest BCUT2D eigenvalue weighted by molar-refractivity contribution is 0.583. The normalized spacial score (nSPS) is 14.4. The summed E-state index contributed by atoms with van der Waals surface area (Å²) in [5, 5.41) is 1.77. The third-order valence-electron chi connectivity index (χ3n) is 3.88. The van der Waals surface area contributed by atoms with Gasteiger partial charge in [-0.1, -0.05) is 6.07 Å². The van der Waals surface area contributed by atoms with Crippen LogP contribution in [0.5, 0.6) is 0 Å². The van der Waals surface area contributed by atoms with Crippen molar-refractivity contribution in [2.24, 2.45) is 0 Å². The van der Waals surface area contributed by atoms with Gasteiger partial charge in [0.15, 0.2) is 0 Å². The van der Waals surface area contributed by atoms with Crippen molar-refractivity contribution >= 4 is 27.0 Å². The number of nitrogens with zero attached hydrogens (tertiary/aromatic N) is 2. The zero-order valence-corrected chi connectivity index (χ0v) is 14.7. The zero-order valence-electron chi connectivity index (χ0n) is 13.0. The van der Waals surface area contributed by atoms with Crippen molar-refractivity contribution in [2.45, 2.75) is 50.4 Å². The molecule has 0 amide bonds. The van der Waals surface area contributed by atoms with Crippen LogP contribution >= 0.6 is 11.3 Å². The largest absolute Gasteiger partial charge is 0.291 e. The predicted octanol–water partition coefficient (Wildman–Crippen LogP) is 3.54. The Kier molecular flexibility index (Phi) is 3.99. The maximum atomic E-state index is 13.0. The lowest BCUT2D eigenvalue weighted by atomic mass is 10.1. The summed E-state index contributed by atoms with van der Waals surface area (Å²) >= 11 is 1.18. The van der Waals surface area contributed by atoms with Gasteiger partial charge in [-0.3, -0.25) is 4.31 Å². The first-order valence-corrected chi connectivity index (χ1v) is 9.80. The minimum absolute atomic E-state index is 0.159. The molecule has 4 nitrogen and oxygen atoms in total. The molecule has 0 unspecified atom stereocenters.